The number of hydrogen-bond donors (Lipinski definition) is 1. The number of hydrogen-bond acceptors (Lipinski definition) is 5. The molecule has 132 valence electrons. The molecule has 1 saturated heterocycles. The third-order valence-corrected chi connectivity index (χ3v) is 4.18. The highest BCUT2D eigenvalue weighted by molar-refractivity contribution is 6.67. The van der Waals surface area contributed by atoms with Gasteiger partial charge in [0.2, 0.25) is 5.82 Å². The van der Waals surface area contributed by atoms with E-state index >= 15 is 0 Å². The molecule has 0 aliphatic carbocycles. The van der Waals surface area contributed by atoms with Crippen LogP contribution in [-0.2, 0) is 0 Å². The van der Waals surface area contributed by atoms with Crippen LogP contribution in [0.25, 0.3) is 11.0 Å². The number of para-hydroxylation sites is 2. The number of benzene rings is 1. The van der Waals surface area contributed by atoms with E-state index in [0.29, 0.717) is 17.6 Å². The van der Waals surface area contributed by atoms with Crippen molar-refractivity contribution >= 4 is 40.3 Å². The number of fused-ring (bicyclic) bond motifs is 1. The lowest BCUT2D eigenvalue weighted by Crippen LogP contribution is -2.39. The number of aliphatic hydroxyl groups excluding tert-OH is 1. The fraction of sp³-hybridized carbons (Fsp3) is 0.500. The van der Waals surface area contributed by atoms with Crippen LogP contribution >= 0.6 is 24.0 Å². The molecule has 1 aliphatic heterocycles. The van der Waals surface area contributed by atoms with Crippen molar-refractivity contribution in [1.82, 2.24) is 14.6 Å². The lowest BCUT2D eigenvalue weighted by atomic mass is 10.1. The first-order chi connectivity index (χ1) is 11.1. The van der Waals surface area contributed by atoms with E-state index in [-0.39, 0.29) is 24.8 Å². The van der Waals surface area contributed by atoms with Crippen molar-refractivity contribution in [2.45, 2.75) is 25.4 Å². The summed E-state index contributed by atoms with van der Waals surface area (Å²) in [6.45, 7) is 2.66. The van der Waals surface area contributed by atoms with E-state index in [9.17, 15) is 9.90 Å². The second kappa shape index (κ2) is 8.67. The molecule has 1 atom stereocenters. The quantitative estimate of drug-likeness (QED) is 0.785. The summed E-state index contributed by atoms with van der Waals surface area (Å²) in [4.78, 5) is 23.6. The number of halogens is 2. The number of imidazole rings is 1. The van der Waals surface area contributed by atoms with E-state index in [1.54, 1.807) is 12.1 Å². The topological polar surface area (TPSA) is 67.6 Å². The average molecular weight is 374 g/mol. The summed E-state index contributed by atoms with van der Waals surface area (Å²) in [6.07, 6.45) is 2.97. The van der Waals surface area contributed by atoms with Crippen LogP contribution in [0.4, 0.5) is 0 Å². The zero-order chi connectivity index (χ0) is 16.2. The second-order valence-electron chi connectivity index (χ2n) is 5.80. The van der Waals surface area contributed by atoms with Gasteiger partial charge in [-0.1, -0.05) is 18.6 Å². The lowest BCUT2D eigenvalue weighted by molar-refractivity contribution is 0.00813. The summed E-state index contributed by atoms with van der Waals surface area (Å²) in [5.74, 6) is 0.0260. The number of aromatic nitrogens is 2. The van der Waals surface area contributed by atoms with Gasteiger partial charge in [-0.15, -0.1) is 12.4 Å². The monoisotopic (exact) mass is 373 g/mol. The van der Waals surface area contributed by atoms with Crippen molar-refractivity contribution in [2.75, 3.05) is 26.2 Å². The van der Waals surface area contributed by atoms with Gasteiger partial charge in [0.25, 0.3) is 5.24 Å². The fourth-order valence-electron chi connectivity index (χ4n) is 2.91. The van der Waals surface area contributed by atoms with Crippen LogP contribution in [0.1, 0.15) is 29.9 Å². The molecular formula is C16H21Cl2N3O3. The van der Waals surface area contributed by atoms with E-state index in [4.69, 9.17) is 16.4 Å². The standard InChI is InChI=1S/C16H20ClN3O3.ClH/c17-15(22)16-18-13-6-2-3-7-14(13)20(16)23-11-12(21)10-19-8-4-1-5-9-19;/h2-3,6-7,12,21H,1,4-5,8-11H2;1H. The molecule has 6 nitrogen and oxygen atoms in total. The first-order valence-electron chi connectivity index (χ1n) is 7.86. The summed E-state index contributed by atoms with van der Waals surface area (Å²) in [7, 11) is 0. The molecule has 24 heavy (non-hydrogen) atoms. The predicted molar refractivity (Wildman–Crippen MR) is 94.9 cm³/mol. The molecule has 2 aromatic rings. The summed E-state index contributed by atoms with van der Waals surface area (Å²) in [5, 5.41) is 9.50. The van der Waals surface area contributed by atoms with Gasteiger partial charge in [0, 0.05) is 6.54 Å². The Labute approximate surface area is 151 Å². The minimum atomic E-state index is -0.688. The highest BCUT2D eigenvalue weighted by atomic mass is 35.5. The number of carbonyl (C=O) groups excluding carboxylic acids is 1. The number of carbonyl (C=O) groups is 1. The van der Waals surface area contributed by atoms with Crippen LogP contribution in [0.3, 0.4) is 0 Å². The lowest BCUT2D eigenvalue weighted by Gasteiger charge is -2.28. The molecule has 0 spiro atoms. The third-order valence-electron chi connectivity index (χ3n) is 4.01. The third kappa shape index (κ3) is 4.39. The second-order valence-corrected chi connectivity index (χ2v) is 6.15. The maximum absolute atomic E-state index is 11.5. The summed E-state index contributed by atoms with van der Waals surface area (Å²) in [5.41, 5.74) is 1.28. The summed E-state index contributed by atoms with van der Waals surface area (Å²) >= 11 is 5.58. The maximum atomic E-state index is 11.5. The number of nitrogens with zero attached hydrogens (tertiary/aromatic N) is 3. The van der Waals surface area contributed by atoms with Gasteiger partial charge in [-0.05, 0) is 49.7 Å². The highest BCUT2D eigenvalue weighted by Gasteiger charge is 2.19. The van der Waals surface area contributed by atoms with Gasteiger partial charge in [0.1, 0.15) is 18.2 Å². The maximum Gasteiger partial charge on any atom is 0.291 e. The Bertz CT molecular complexity index is 686. The van der Waals surface area contributed by atoms with Crippen molar-refractivity contribution in [3.05, 3.63) is 30.1 Å². The minimum absolute atomic E-state index is 0. The van der Waals surface area contributed by atoms with Crippen LogP contribution in [0.2, 0.25) is 0 Å². The molecule has 0 bridgehead atoms. The van der Waals surface area contributed by atoms with E-state index in [0.717, 1.165) is 13.1 Å². The molecule has 1 N–H and O–H groups in total. The van der Waals surface area contributed by atoms with E-state index < -0.39 is 11.3 Å². The number of piperidine rings is 1. The Morgan fingerprint density at radius 1 is 1.29 bits per heavy atom. The van der Waals surface area contributed by atoms with Gasteiger partial charge in [-0.25, -0.2) is 4.98 Å². The van der Waals surface area contributed by atoms with Crippen LogP contribution in [0.15, 0.2) is 24.3 Å². The van der Waals surface area contributed by atoms with Crippen molar-refractivity contribution in [3.8, 4) is 0 Å². The molecular weight excluding hydrogens is 353 g/mol. The zero-order valence-electron chi connectivity index (χ0n) is 13.2. The van der Waals surface area contributed by atoms with Crippen LogP contribution in [0, 0.1) is 0 Å². The first kappa shape index (κ1) is 19.0. The summed E-state index contributed by atoms with van der Waals surface area (Å²) < 4.78 is 1.31. The van der Waals surface area contributed by atoms with Gasteiger partial charge in [-0.3, -0.25) is 4.79 Å². The van der Waals surface area contributed by atoms with Gasteiger partial charge in [0.15, 0.2) is 0 Å². The smallest absolute Gasteiger partial charge is 0.291 e. The fourth-order valence-corrected chi connectivity index (χ4v) is 3.03. The Hall–Kier alpha value is -1.34. The molecule has 1 fully saturated rings. The molecule has 0 amide bonds. The van der Waals surface area contributed by atoms with Crippen molar-refractivity contribution in [3.63, 3.8) is 0 Å². The van der Waals surface area contributed by atoms with Crippen LogP contribution < -0.4 is 4.84 Å². The highest BCUT2D eigenvalue weighted by Crippen LogP contribution is 2.16. The van der Waals surface area contributed by atoms with E-state index in [1.165, 1.54) is 24.0 Å². The number of likely N-dealkylation sites (tertiary alicyclic amines) is 1. The molecule has 1 aromatic carbocycles. The number of aliphatic hydroxyl groups is 1. The van der Waals surface area contributed by atoms with Gasteiger partial charge < -0.3 is 14.8 Å². The number of β-amino-alcohol motifs (C(OH)–C–C–N with tert-alkyl or cyclic N) is 1. The SMILES string of the molecule is Cl.O=C(Cl)c1nc2ccccc2n1OCC(O)CN1CCCCC1. The molecule has 0 radical (unpaired) electrons. The minimum Gasteiger partial charge on any atom is -0.409 e. The molecule has 3 rings (SSSR count). The zero-order valence-corrected chi connectivity index (χ0v) is 14.8. The van der Waals surface area contributed by atoms with E-state index in [2.05, 4.69) is 9.88 Å². The Kier molecular flexibility index (Phi) is 6.86. The van der Waals surface area contributed by atoms with Gasteiger partial charge in [-0.2, -0.15) is 4.73 Å². The normalized spacial score (nSPS) is 16.6. The number of rotatable bonds is 6. The van der Waals surface area contributed by atoms with Crippen molar-refractivity contribution < 1.29 is 14.7 Å². The molecule has 8 heteroatoms. The first-order valence-corrected chi connectivity index (χ1v) is 8.24. The van der Waals surface area contributed by atoms with Crippen LogP contribution in [-0.4, -0.2) is 57.3 Å². The van der Waals surface area contributed by atoms with Crippen molar-refractivity contribution in [2.24, 2.45) is 0 Å². The summed E-state index contributed by atoms with van der Waals surface area (Å²) in [6, 6.07) is 7.23. The largest absolute Gasteiger partial charge is 0.409 e. The Morgan fingerprint density at radius 3 is 2.71 bits per heavy atom. The Balaban J connectivity index is 0.00000208. The molecule has 1 aromatic heterocycles. The Morgan fingerprint density at radius 2 is 2.00 bits per heavy atom. The van der Waals surface area contributed by atoms with Gasteiger partial charge >= 0.3 is 0 Å². The predicted octanol–water partition coefficient (Wildman–Crippen LogP) is 2.11. The van der Waals surface area contributed by atoms with Crippen LogP contribution in [0.5, 0.6) is 0 Å². The average Bonchev–Trinajstić information content (AvgIpc) is 2.93. The molecule has 1 unspecified atom stereocenters. The molecule has 2 heterocycles. The molecule has 1 aliphatic rings. The molecule has 0 saturated carbocycles. The van der Waals surface area contributed by atoms with E-state index in [1.807, 2.05) is 12.1 Å². The van der Waals surface area contributed by atoms with Gasteiger partial charge in [0.05, 0.1) is 5.52 Å². The van der Waals surface area contributed by atoms with Crippen molar-refractivity contribution in [1.29, 1.82) is 0 Å².